The molecule has 0 bridgehead atoms. The molecule has 2 aromatic rings. The average Bonchev–Trinajstić information content (AvgIpc) is 2.33. The Labute approximate surface area is 118 Å². The predicted molar refractivity (Wildman–Crippen MR) is 71.0 cm³/mol. The van der Waals surface area contributed by atoms with Crippen LogP contribution in [0.25, 0.3) is 0 Å². The van der Waals surface area contributed by atoms with Gasteiger partial charge in [0.15, 0.2) is 18.9 Å². The predicted octanol–water partition coefficient (Wildman–Crippen LogP) is -0.674. The van der Waals surface area contributed by atoms with Crippen molar-refractivity contribution in [2.75, 3.05) is 17.6 Å². The summed E-state index contributed by atoms with van der Waals surface area (Å²) >= 11 is 5.83. The average molecular weight is 284 g/mol. The van der Waals surface area contributed by atoms with E-state index < -0.39 is 0 Å². The largest absolute Gasteiger partial charge is 1.00 e. The van der Waals surface area contributed by atoms with E-state index in [1.165, 1.54) is 0 Å². The van der Waals surface area contributed by atoms with Crippen LogP contribution in [0.15, 0.2) is 48.8 Å². The van der Waals surface area contributed by atoms with Gasteiger partial charge in [-0.25, -0.2) is 4.57 Å². The van der Waals surface area contributed by atoms with Crippen LogP contribution in [-0.2, 0) is 6.54 Å². The first kappa shape index (κ1) is 14.6. The number of rotatable bonds is 4. The summed E-state index contributed by atoms with van der Waals surface area (Å²) in [5.41, 5.74) is 7.45. The molecule has 18 heavy (non-hydrogen) atoms. The lowest BCUT2D eigenvalue weighted by atomic mass is 10.2. The third kappa shape index (κ3) is 4.09. The molecule has 5 heteroatoms. The van der Waals surface area contributed by atoms with Gasteiger partial charge in [0.2, 0.25) is 0 Å². The summed E-state index contributed by atoms with van der Waals surface area (Å²) in [4.78, 5) is 0. The normalized spacial score (nSPS) is 9.61. The smallest absolute Gasteiger partial charge is 0.168 e. The molecule has 3 nitrogen and oxygen atoms in total. The van der Waals surface area contributed by atoms with Gasteiger partial charge in [-0.1, -0.05) is 17.7 Å². The standard InChI is InChI=1S/C13H15ClN3.ClH/c14-11-4-5-13(12(15)10-11)16-6-9-17-7-2-1-3-8-17;/h1-5,7-8,10,16H,6,9,15H2;1H/q+1;/p-1. The zero-order chi connectivity index (χ0) is 12.1. The second-order valence-corrected chi connectivity index (χ2v) is 4.21. The van der Waals surface area contributed by atoms with Gasteiger partial charge in [0.05, 0.1) is 17.9 Å². The summed E-state index contributed by atoms with van der Waals surface area (Å²) < 4.78 is 2.11. The minimum atomic E-state index is 0. The third-order valence-electron chi connectivity index (χ3n) is 2.48. The Morgan fingerprint density at radius 2 is 1.89 bits per heavy atom. The van der Waals surface area contributed by atoms with Gasteiger partial charge in [-0.3, -0.25) is 0 Å². The maximum absolute atomic E-state index is 5.85. The summed E-state index contributed by atoms with van der Waals surface area (Å²) in [6, 6.07) is 11.5. The number of nitrogen functional groups attached to an aromatic ring is 1. The molecule has 0 aliphatic carbocycles. The van der Waals surface area contributed by atoms with E-state index in [0.29, 0.717) is 10.7 Å². The molecule has 0 fully saturated rings. The maximum Gasteiger partial charge on any atom is 0.168 e. The fraction of sp³-hybridized carbons (Fsp3) is 0.154. The molecule has 2 rings (SSSR count). The molecule has 3 N–H and O–H groups in total. The van der Waals surface area contributed by atoms with Gasteiger partial charge in [0.25, 0.3) is 0 Å². The van der Waals surface area contributed by atoms with Crippen LogP contribution < -0.4 is 28.0 Å². The molecule has 0 aliphatic rings. The molecule has 0 saturated carbocycles. The van der Waals surface area contributed by atoms with Crippen molar-refractivity contribution >= 4 is 23.0 Å². The molecule has 1 aromatic carbocycles. The van der Waals surface area contributed by atoms with Gasteiger partial charge in [-0.2, -0.15) is 0 Å². The Hall–Kier alpha value is -1.45. The first-order valence-corrected chi connectivity index (χ1v) is 5.86. The van der Waals surface area contributed by atoms with E-state index in [9.17, 15) is 0 Å². The van der Waals surface area contributed by atoms with Gasteiger partial charge in [0, 0.05) is 17.2 Å². The quantitative estimate of drug-likeness (QED) is 0.577. The van der Waals surface area contributed by atoms with Crippen LogP contribution in [0.2, 0.25) is 5.02 Å². The Kier molecular flexibility index (Phi) is 5.75. The lowest BCUT2D eigenvalue weighted by molar-refractivity contribution is -0.694. The second-order valence-electron chi connectivity index (χ2n) is 3.77. The first-order chi connectivity index (χ1) is 8.25. The molecule has 0 spiro atoms. The van der Waals surface area contributed by atoms with Crippen LogP contribution in [0.1, 0.15) is 0 Å². The Morgan fingerprint density at radius 3 is 2.56 bits per heavy atom. The van der Waals surface area contributed by atoms with Crippen molar-refractivity contribution in [3.05, 3.63) is 53.8 Å². The fourth-order valence-electron chi connectivity index (χ4n) is 1.60. The lowest BCUT2D eigenvalue weighted by Crippen LogP contribution is -3.00. The highest BCUT2D eigenvalue weighted by atomic mass is 35.5. The number of nitrogens with two attached hydrogens (primary N) is 1. The van der Waals surface area contributed by atoms with Gasteiger partial charge in [0.1, 0.15) is 0 Å². The summed E-state index contributed by atoms with van der Waals surface area (Å²) in [7, 11) is 0. The highest BCUT2D eigenvalue weighted by molar-refractivity contribution is 6.31. The number of aromatic nitrogens is 1. The minimum absolute atomic E-state index is 0. The van der Waals surface area contributed by atoms with E-state index >= 15 is 0 Å². The number of pyridine rings is 1. The number of hydrogen-bond acceptors (Lipinski definition) is 2. The fourth-order valence-corrected chi connectivity index (χ4v) is 1.78. The van der Waals surface area contributed by atoms with Gasteiger partial charge in [-0.15, -0.1) is 0 Å². The van der Waals surface area contributed by atoms with Gasteiger partial charge < -0.3 is 23.5 Å². The van der Waals surface area contributed by atoms with Crippen molar-refractivity contribution in [2.45, 2.75) is 6.54 Å². The van der Waals surface area contributed by atoms with Crippen LogP contribution in [0.5, 0.6) is 0 Å². The molecule has 0 unspecified atom stereocenters. The minimum Gasteiger partial charge on any atom is -1.00 e. The van der Waals surface area contributed by atoms with Crippen molar-refractivity contribution in [1.82, 2.24) is 0 Å². The molecule has 0 amide bonds. The molecule has 0 atom stereocenters. The van der Waals surface area contributed by atoms with Crippen LogP contribution in [0.3, 0.4) is 0 Å². The van der Waals surface area contributed by atoms with Crippen molar-refractivity contribution in [1.29, 1.82) is 0 Å². The molecule has 0 saturated heterocycles. The Morgan fingerprint density at radius 1 is 1.17 bits per heavy atom. The molecular formula is C13H15Cl2N3. The van der Waals surface area contributed by atoms with Crippen LogP contribution >= 0.6 is 11.6 Å². The van der Waals surface area contributed by atoms with Crippen molar-refractivity contribution in [3.8, 4) is 0 Å². The van der Waals surface area contributed by atoms with Crippen molar-refractivity contribution in [3.63, 3.8) is 0 Å². The highest BCUT2D eigenvalue weighted by Crippen LogP contribution is 2.22. The van der Waals surface area contributed by atoms with E-state index in [1.807, 2.05) is 42.7 Å². The summed E-state index contributed by atoms with van der Waals surface area (Å²) in [6.45, 7) is 1.71. The van der Waals surface area contributed by atoms with Crippen molar-refractivity contribution < 1.29 is 17.0 Å². The van der Waals surface area contributed by atoms with E-state index in [0.717, 1.165) is 18.8 Å². The molecule has 0 radical (unpaired) electrons. The topological polar surface area (TPSA) is 41.9 Å². The van der Waals surface area contributed by atoms with E-state index in [4.69, 9.17) is 17.3 Å². The van der Waals surface area contributed by atoms with Gasteiger partial charge in [-0.05, 0) is 18.2 Å². The van der Waals surface area contributed by atoms with E-state index in [-0.39, 0.29) is 12.4 Å². The molecular weight excluding hydrogens is 269 g/mol. The van der Waals surface area contributed by atoms with Gasteiger partial charge >= 0.3 is 0 Å². The Bertz CT molecular complexity index is 489. The molecule has 0 aliphatic heterocycles. The molecule has 96 valence electrons. The second kappa shape index (κ2) is 7.09. The zero-order valence-corrected chi connectivity index (χ0v) is 11.3. The number of hydrogen-bond donors (Lipinski definition) is 2. The lowest BCUT2D eigenvalue weighted by Gasteiger charge is -2.07. The van der Waals surface area contributed by atoms with Crippen LogP contribution in [0, 0.1) is 0 Å². The number of anilines is 2. The Balaban J connectivity index is 0.00000162. The van der Waals surface area contributed by atoms with Crippen LogP contribution in [0.4, 0.5) is 11.4 Å². The molecule has 1 heterocycles. The maximum atomic E-state index is 5.85. The van der Waals surface area contributed by atoms with Crippen LogP contribution in [-0.4, -0.2) is 6.54 Å². The zero-order valence-electron chi connectivity index (χ0n) is 9.81. The van der Waals surface area contributed by atoms with E-state index in [1.54, 1.807) is 6.07 Å². The first-order valence-electron chi connectivity index (χ1n) is 5.49. The summed E-state index contributed by atoms with van der Waals surface area (Å²) in [5.74, 6) is 0. The number of benzene rings is 1. The highest BCUT2D eigenvalue weighted by Gasteiger charge is 2.01. The molecule has 1 aromatic heterocycles. The third-order valence-corrected chi connectivity index (χ3v) is 2.71. The summed E-state index contributed by atoms with van der Waals surface area (Å²) in [5, 5.41) is 3.94. The number of nitrogens with zero attached hydrogens (tertiary/aromatic N) is 1. The SMILES string of the molecule is Nc1cc(Cl)ccc1NCC[n+]1ccccc1.[Cl-]. The van der Waals surface area contributed by atoms with E-state index in [2.05, 4.69) is 9.88 Å². The monoisotopic (exact) mass is 283 g/mol. The van der Waals surface area contributed by atoms with Crippen molar-refractivity contribution in [2.24, 2.45) is 0 Å². The number of halogens is 2. The number of nitrogens with one attached hydrogen (secondary N) is 1. The summed E-state index contributed by atoms with van der Waals surface area (Å²) in [6.07, 6.45) is 4.07.